The standard InChI is InChI=1S/C12H16ClN3O2.C9H10ClN3O2/c1-8(2)15-11(7-16(17)18)9(3)10-4-5-12(13)14-6-10;1-6(8(11)5-13(14)15)7-2-3-9(10)12-4-7/h4-9,15H,1-3H3;2-6H,11H2,1H3/b11-7-;8-5-. The van der Waals surface area contributed by atoms with Crippen LogP contribution in [-0.4, -0.2) is 25.9 Å². The number of nitrogens with one attached hydrogen (secondary N) is 1. The Morgan fingerprint density at radius 1 is 0.909 bits per heavy atom. The maximum absolute atomic E-state index is 10.6. The number of nitro groups is 2. The van der Waals surface area contributed by atoms with Crippen LogP contribution in [0.15, 0.2) is 60.5 Å². The van der Waals surface area contributed by atoms with Crippen molar-refractivity contribution in [1.82, 2.24) is 15.3 Å². The van der Waals surface area contributed by atoms with Gasteiger partial charge in [-0.1, -0.05) is 49.2 Å². The number of nitrogens with zero attached hydrogens (tertiary/aromatic N) is 4. The second kappa shape index (κ2) is 13.3. The molecule has 0 saturated heterocycles. The number of allylic oxidation sites excluding steroid dienone is 2. The fraction of sp³-hybridized carbons (Fsp3) is 0.333. The second-order valence-corrected chi connectivity index (χ2v) is 8.13. The smallest absolute Gasteiger partial charge is 0.253 e. The van der Waals surface area contributed by atoms with E-state index in [-0.39, 0.29) is 23.6 Å². The maximum atomic E-state index is 10.6. The van der Waals surface area contributed by atoms with Crippen LogP contribution in [0.4, 0.5) is 0 Å². The first-order valence-corrected chi connectivity index (χ1v) is 10.6. The van der Waals surface area contributed by atoms with E-state index in [4.69, 9.17) is 28.9 Å². The minimum Gasteiger partial charge on any atom is -0.397 e. The Labute approximate surface area is 201 Å². The van der Waals surface area contributed by atoms with Gasteiger partial charge in [-0.3, -0.25) is 20.2 Å². The average molecular weight is 497 g/mol. The lowest BCUT2D eigenvalue weighted by Crippen LogP contribution is -2.26. The molecular weight excluding hydrogens is 471 g/mol. The number of hydrogen-bond donors (Lipinski definition) is 2. The molecule has 2 aromatic heterocycles. The Kier molecular flexibility index (Phi) is 11.2. The van der Waals surface area contributed by atoms with Crippen LogP contribution in [0.3, 0.4) is 0 Å². The molecule has 10 nitrogen and oxygen atoms in total. The van der Waals surface area contributed by atoms with E-state index in [0.29, 0.717) is 16.0 Å². The predicted octanol–water partition coefficient (Wildman–Crippen LogP) is 4.87. The average Bonchev–Trinajstić information content (AvgIpc) is 2.72. The van der Waals surface area contributed by atoms with E-state index >= 15 is 0 Å². The highest BCUT2D eigenvalue weighted by atomic mass is 35.5. The molecule has 2 heterocycles. The lowest BCUT2D eigenvalue weighted by molar-refractivity contribution is -0.404. The summed E-state index contributed by atoms with van der Waals surface area (Å²) in [6.07, 6.45) is 4.97. The van der Waals surface area contributed by atoms with Crippen LogP contribution in [0.25, 0.3) is 0 Å². The molecule has 33 heavy (non-hydrogen) atoms. The molecule has 178 valence electrons. The highest BCUT2D eigenvalue weighted by molar-refractivity contribution is 6.29. The molecule has 2 rings (SSSR count). The van der Waals surface area contributed by atoms with Crippen molar-refractivity contribution in [3.8, 4) is 0 Å². The minimum absolute atomic E-state index is 0.124. The van der Waals surface area contributed by atoms with Gasteiger partial charge in [0.15, 0.2) is 0 Å². The van der Waals surface area contributed by atoms with Crippen LogP contribution >= 0.6 is 23.2 Å². The van der Waals surface area contributed by atoms with Gasteiger partial charge in [-0.15, -0.1) is 0 Å². The van der Waals surface area contributed by atoms with Gasteiger partial charge >= 0.3 is 0 Å². The molecule has 0 radical (unpaired) electrons. The van der Waals surface area contributed by atoms with Gasteiger partial charge in [-0.2, -0.15) is 0 Å². The van der Waals surface area contributed by atoms with Crippen molar-refractivity contribution in [2.24, 2.45) is 5.73 Å². The predicted molar refractivity (Wildman–Crippen MR) is 128 cm³/mol. The molecule has 0 aliphatic rings. The molecule has 0 bridgehead atoms. The number of hydrogen-bond acceptors (Lipinski definition) is 8. The summed E-state index contributed by atoms with van der Waals surface area (Å²) in [4.78, 5) is 27.7. The zero-order valence-corrected chi connectivity index (χ0v) is 20.1. The monoisotopic (exact) mass is 496 g/mol. The van der Waals surface area contributed by atoms with Crippen LogP contribution in [0.2, 0.25) is 10.3 Å². The number of rotatable bonds is 8. The van der Waals surface area contributed by atoms with Gasteiger partial charge < -0.3 is 11.1 Å². The van der Waals surface area contributed by atoms with Crippen LogP contribution < -0.4 is 11.1 Å². The summed E-state index contributed by atoms with van der Waals surface area (Å²) in [6, 6.07) is 6.97. The summed E-state index contributed by atoms with van der Waals surface area (Å²) in [5, 5.41) is 24.7. The molecule has 3 N–H and O–H groups in total. The van der Waals surface area contributed by atoms with E-state index in [9.17, 15) is 20.2 Å². The minimum atomic E-state index is -0.574. The molecule has 0 aromatic carbocycles. The zero-order chi connectivity index (χ0) is 25.1. The van der Waals surface area contributed by atoms with Gasteiger partial charge in [-0.05, 0) is 37.1 Å². The molecule has 0 aliphatic heterocycles. The van der Waals surface area contributed by atoms with Gasteiger partial charge in [0, 0.05) is 30.3 Å². The van der Waals surface area contributed by atoms with Gasteiger partial charge in [-0.25, -0.2) is 9.97 Å². The lowest BCUT2D eigenvalue weighted by Gasteiger charge is -2.18. The third kappa shape index (κ3) is 10.3. The SMILES string of the molecule is CC(/C(N)=C/[N+](=O)[O-])c1ccc(Cl)nc1.CC(C)N/C(=C\[N+](=O)[O-])C(C)c1ccc(Cl)nc1. The zero-order valence-electron chi connectivity index (χ0n) is 18.6. The molecule has 0 aliphatic carbocycles. The molecule has 2 aromatic rings. The Morgan fingerprint density at radius 3 is 1.73 bits per heavy atom. The molecule has 2 unspecified atom stereocenters. The van der Waals surface area contributed by atoms with Crippen molar-refractivity contribution in [3.05, 3.63) is 102 Å². The summed E-state index contributed by atoms with van der Waals surface area (Å²) in [6.45, 7) is 7.51. The Bertz CT molecular complexity index is 995. The summed E-state index contributed by atoms with van der Waals surface area (Å²) < 4.78 is 0. The van der Waals surface area contributed by atoms with E-state index in [1.54, 1.807) is 37.5 Å². The number of aromatic nitrogens is 2. The maximum Gasteiger partial charge on any atom is 0.253 e. The van der Waals surface area contributed by atoms with E-state index in [2.05, 4.69) is 15.3 Å². The quantitative estimate of drug-likeness (QED) is 0.298. The van der Waals surface area contributed by atoms with Gasteiger partial charge in [0.05, 0.1) is 21.2 Å². The number of pyridine rings is 2. The van der Waals surface area contributed by atoms with Crippen molar-refractivity contribution in [2.45, 2.75) is 45.6 Å². The molecule has 0 saturated carbocycles. The lowest BCUT2D eigenvalue weighted by atomic mass is 9.99. The summed E-state index contributed by atoms with van der Waals surface area (Å²) in [7, 11) is 0. The van der Waals surface area contributed by atoms with Gasteiger partial charge in [0.2, 0.25) is 0 Å². The number of nitrogens with two attached hydrogens (primary N) is 1. The van der Waals surface area contributed by atoms with Gasteiger partial charge in [0.1, 0.15) is 10.3 Å². The van der Waals surface area contributed by atoms with Crippen LogP contribution in [0.5, 0.6) is 0 Å². The highest BCUT2D eigenvalue weighted by Crippen LogP contribution is 2.23. The van der Waals surface area contributed by atoms with Crippen molar-refractivity contribution in [1.29, 1.82) is 0 Å². The van der Waals surface area contributed by atoms with Crippen molar-refractivity contribution >= 4 is 23.2 Å². The normalized spacial score (nSPS) is 13.5. The summed E-state index contributed by atoms with van der Waals surface area (Å²) in [5.41, 5.74) is 7.95. The van der Waals surface area contributed by atoms with E-state index in [1.165, 1.54) is 0 Å². The molecule has 2 atom stereocenters. The number of halogens is 2. The van der Waals surface area contributed by atoms with E-state index in [1.807, 2.05) is 26.8 Å². The third-order valence-corrected chi connectivity index (χ3v) is 4.87. The fourth-order valence-electron chi connectivity index (χ4n) is 2.61. The largest absolute Gasteiger partial charge is 0.397 e. The van der Waals surface area contributed by atoms with E-state index < -0.39 is 9.85 Å². The molecule has 0 fully saturated rings. The van der Waals surface area contributed by atoms with Crippen molar-refractivity contribution in [3.63, 3.8) is 0 Å². The topological polar surface area (TPSA) is 150 Å². The Morgan fingerprint density at radius 2 is 1.36 bits per heavy atom. The molecular formula is C21H26Cl2N6O4. The third-order valence-electron chi connectivity index (χ3n) is 4.42. The summed E-state index contributed by atoms with van der Waals surface area (Å²) >= 11 is 11.3. The van der Waals surface area contributed by atoms with Crippen LogP contribution in [-0.2, 0) is 0 Å². The molecule has 12 heteroatoms. The van der Waals surface area contributed by atoms with Crippen LogP contribution in [0.1, 0.15) is 50.7 Å². The Hall–Kier alpha value is -3.24. The fourth-order valence-corrected chi connectivity index (χ4v) is 2.84. The van der Waals surface area contributed by atoms with Crippen LogP contribution in [0, 0.1) is 20.2 Å². The Balaban J connectivity index is 0.000000335. The van der Waals surface area contributed by atoms with Crippen molar-refractivity contribution in [2.75, 3.05) is 0 Å². The molecule has 0 amide bonds. The first-order chi connectivity index (χ1) is 15.4. The first-order valence-electron chi connectivity index (χ1n) is 9.86. The second-order valence-electron chi connectivity index (χ2n) is 7.36. The van der Waals surface area contributed by atoms with Crippen molar-refractivity contribution < 1.29 is 9.85 Å². The first kappa shape index (κ1) is 27.8. The van der Waals surface area contributed by atoms with E-state index in [0.717, 1.165) is 23.5 Å². The van der Waals surface area contributed by atoms with Gasteiger partial charge in [0.25, 0.3) is 12.4 Å². The molecule has 0 spiro atoms. The summed E-state index contributed by atoms with van der Waals surface area (Å²) in [5.74, 6) is -0.386. The highest BCUT2D eigenvalue weighted by Gasteiger charge is 2.16.